The monoisotopic (exact) mass is 539 g/mol. The number of carbonyl (C=O) groups is 2. The average molecular weight is 540 g/mol. The summed E-state index contributed by atoms with van der Waals surface area (Å²) in [6, 6.07) is 14.4. The van der Waals surface area contributed by atoms with Gasteiger partial charge in [-0.15, -0.1) is 11.3 Å². The molecule has 2 aromatic heterocycles. The standard InChI is InChI=1S/C25H25N5O5S2/c1-17(30-37(33,34)18-8-3-2-4-9-18)28-20(25-27-14-15-36-25)16-23(32)26-13-7-11-21(31)24-29-19-10-5-6-12-22(19)35-24/h2-6,8-10,12,14-15,20H,7,11,13,16H2,1H3,(H,26,32)(H,28,30). The van der Waals surface area contributed by atoms with Gasteiger partial charge in [0.05, 0.1) is 11.3 Å². The van der Waals surface area contributed by atoms with E-state index in [2.05, 4.69) is 25.0 Å². The fourth-order valence-electron chi connectivity index (χ4n) is 3.52. The minimum absolute atomic E-state index is 0.0308. The molecule has 0 spiro atoms. The second-order valence-corrected chi connectivity index (χ2v) is 10.7. The number of oxazole rings is 1. The number of thiazole rings is 1. The van der Waals surface area contributed by atoms with Crippen molar-refractivity contribution in [1.29, 1.82) is 0 Å². The van der Waals surface area contributed by atoms with Crippen molar-refractivity contribution < 1.29 is 22.4 Å². The number of carbonyl (C=O) groups excluding carboxylic acids is 2. The average Bonchev–Trinajstić information content (AvgIpc) is 3.57. The van der Waals surface area contributed by atoms with Gasteiger partial charge in [0.1, 0.15) is 22.4 Å². The molecule has 0 saturated carbocycles. The van der Waals surface area contributed by atoms with E-state index in [4.69, 9.17) is 4.42 Å². The number of rotatable bonds is 11. The Balaban J connectivity index is 1.31. The molecule has 1 unspecified atom stereocenters. The molecule has 0 aliphatic heterocycles. The number of fused-ring (bicyclic) bond motifs is 1. The summed E-state index contributed by atoms with van der Waals surface area (Å²) < 4.78 is 33.1. The van der Waals surface area contributed by atoms with Crippen LogP contribution in [0, 0.1) is 0 Å². The van der Waals surface area contributed by atoms with Gasteiger partial charge in [0.25, 0.3) is 15.9 Å². The number of sulfonamides is 1. The summed E-state index contributed by atoms with van der Waals surface area (Å²) in [4.78, 5) is 38.0. The predicted octanol–water partition coefficient (Wildman–Crippen LogP) is 3.89. The van der Waals surface area contributed by atoms with Crippen molar-refractivity contribution in [2.75, 3.05) is 6.54 Å². The number of aromatic nitrogens is 2. The van der Waals surface area contributed by atoms with Crippen LogP contribution in [0.3, 0.4) is 0 Å². The Morgan fingerprint density at radius 1 is 1.11 bits per heavy atom. The van der Waals surface area contributed by atoms with Crippen LogP contribution in [0.15, 0.2) is 80.5 Å². The first-order valence-corrected chi connectivity index (χ1v) is 13.9. The maximum atomic E-state index is 12.6. The highest BCUT2D eigenvalue weighted by molar-refractivity contribution is 7.90. The van der Waals surface area contributed by atoms with Gasteiger partial charge in [-0.3, -0.25) is 19.3 Å². The highest BCUT2D eigenvalue weighted by atomic mass is 32.2. The zero-order chi connectivity index (χ0) is 26.3. The number of aliphatic imine (C=N–C) groups is 1. The lowest BCUT2D eigenvalue weighted by Gasteiger charge is -2.13. The number of nitrogens with zero attached hydrogens (tertiary/aromatic N) is 3. The van der Waals surface area contributed by atoms with Crippen molar-refractivity contribution in [1.82, 2.24) is 20.0 Å². The number of benzene rings is 2. The van der Waals surface area contributed by atoms with Crippen molar-refractivity contribution >= 4 is 50.0 Å². The van der Waals surface area contributed by atoms with E-state index in [-0.39, 0.29) is 47.7 Å². The molecule has 0 saturated heterocycles. The van der Waals surface area contributed by atoms with E-state index in [1.54, 1.807) is 48.0 Å². The Labute approximate surface area is 217 Å². The maximum absolute atomic E-state index is 12.6. The van der Waals surface area contributed by atoms with Crippen LogP contribution in [0.5, 0.6) is 0 Å². The molecule has 2 N–H and O–H groups in total. The van der Waals surface area contributed by atoms with Crippen LogP contribution in [-0.2, 0) is 14.8 Å². The molecule has 2 aromatic carbocycles. The van der Waals surface area contributed by atoms with Gasteiger partial charge in [0, 0.05) is 24.5 Å². The van der Waals surface area contributed by atoms with Crippen LogP contribution in [-0.4, -0.2) is 42.5 Å². The second kappa shape index (κ2) is 11.9. The number of amidine groups is 1. The summed E-state index contributed by atoms with van der Waals surface area (Å²) in [7, 11) is -3.80. The first-order valence-electron chi connectivity index (χ1n) is 11.5. The largest absolute Gasteiger partial charge is 0.434 e. The van der Waals surface area contributed by atoms with Gasteiger partial charge in [-0.1, -0.05) is 30.3 Å². The summed E-state index contributed by atoms with van der Waals surface area (Å²) in [6.45, 7) is 1.80. The number of nitrogens with one attached hydrogen (secondary N) is 2. The normalized spacial score (nSPS) is 12.8. The minimum atomic E-state index is -3.80. The first kappa shape index (κ1) is 26.2. The quantitative estimate of drug-likeness (QED) is 0.127. The Hall–Kier alpha value is -3.90. The SMILES string of the molecule is CC(=NC(CC(=O)NCCCC(=O)c1nc2ccccc2o1)c1nccs1)NS(=O)(=O)c1ccccc1. The minimum Gasteiger partial charge on any atom is -0.434 e. The molecule has 4 aromatic rings. The third-order valence-electron chi connectivity index (χ3n) is 5.24. The summed E-state index contributed by atoms with van der Waals surface area (Å²) in [6.07, 6.45) is 2.14. The molecule has 2 heterocycles. The molecular formula is C25H25N5O5S2. The van der Waals surface area contributed by atoms with E-state index in [1.165, 1.54) is 30.4 Å². The molecule has 0 aliphatic carbocycles. The number of Topliss-reactive ketones (excluding diaryl/α,β-unsaturated/α-hetero) is 1. The van der Waals surface area contributed by atoms with Gasteiger partial charge < -0.3 is 9.73 Å². The van der Waals surface area contributed by atoms with E-state index in [9.17, 15) is 18.0 Å². The van der Waals surface area contributed by atoms with E-state index < -0.39 is 16.1 Å². The molecule has 37 heavy (non-hydrogen) atoms. The number of hydrogen-bond acceptors (Lipinski definition) is 9. The summed E-state index contributed by atoms with van der Waals surface area (Å²) in [5.74, 6) is -0.339. The lowest BCUT2D eigenvalue weighted by Crippen LogP contribution is -2.30. The van der Waals surface area contributed by atoms with Gasteiger partial charge in [-0.25, -0.2) is 18.4 Å². The molecule has 0 fully saturated rings. The number of hydrogen-bond donors (Lipinski definition) is 2. The van der Waals surface area contributed by atoms with E-state index in [0.29, 0.717) is 22.5 Å². The molecule has 0 bridgehead atoms. The molecule has 1 atom stereocenters. The third kappa shape index (κ3) is 7.08. The fourth-order valence-corrected chi connectivity index (χ4v) is 5.27. The Kier molecular flexibility index (Phi) is 8.41. The summed E-state index contributed by atoms with van der Waals surface area (Å²) >= 11 is 1.32. The molecule has 0 radical (unpaired) electrons. The first-order chi connectivity index (χ1) is 17.8. The topological polar surface area (TPSA) is 144 Å². The summed E-state index contributed by atoms with van der Waals surface area (Å²) in [5.41, 5.74) is 1.17. The molecular weight excluding hydrogens is 514 g/mol. The zero-order valence-electron chi connectivity index (χ0n) is 20.0. The van der Waals surface area contributed by atoms with Crippen molar-refractivity contribution in [2.24, 2.45) is 4.99 Å². The van der Waals surface area contributed by atoms with Crippen LogP contribution in [0.2, 0.25) is 0 Å². The van der Waals surface area contributed by atoms with Crippen LogP contribution < -0.4 is 10.0 Å². The van der Waals surface area contributed by atoms with Gasteiger partial charge in [-0.05, 0) is 37.6 Å². The highest BCUT2D eigenvalue weighted by Crippen LogP contribution is 2.24. The van der Waals surface area contributed by atoms with Crippen LogP contribution in [0.1, 0.15) is 47.9 Å². The zero-order valence-corrected chi connectivity index (χ0v) is 21.6. The number of para-hydroxylation sites is 2. The molecule has 0 aliphatic rings. The van der Waals surface area contributed by atoms with Gasteiger partial charge in [0.2, 0.25) is 11.7 Å². The van der Waals surface area contributed by atoms with Gasteiger partial charge in [-0.2, -0.15) is 0 Å². The lowest BCUT2D eigenvalue weighted by atomic mass is 10.2. The van der Waals surface area contributed by atoms with E-state index >= 15 is 0 Å². The van der Waals surface area contributed by atoms with Gasteiger partial charge >= 0.3 is 0 Å². The third-order valence-corrected chi connectivity index (χ3v) is 7.57. The van der Waals surface area contributed by atoms with Crippen LogP contribution >= 0.6 is 11.3 Å². The Bertz CT molecular complexity index is 1470. The molecule has 1 amide bonds. The van der Waals surface area contributed by atoms with Crippen molar-refractivity contribution in [3.8, 4) is 0 Å². The number of ketones is 1. The highest BCUT2D eigenvalue weighted by Gasteiger charge is 2.20. The van der Waals surface area contributed by atoms with E-state index in [1.807, 2.05) is 6.07 Å². The number of amides is 1. The van der Waals surface area contributed by atoms with Crippen molar-refractivity contribution in [2.45, 2.75) is 37.1 Å². The van der Waals surface area contributed by atoms with Crippen molar-refractivity contribution in [3.05, 3.63) is 77.1 Å². The Morgan fingerprint density at radius 3 is 2.59 bits per heavy atom. The predicted molar refractivity (Wildman–Crippen MR) is 140 cm³/mol. The van der Waals surface area contributed by atoms with Crippen LogP contribution in [0.4, 0.5) is 0 Å². The van der Waals surface area contributed by atoms with Crippen molar-refractivity contribution in [3.63, 3.8) is 0 Å². The molecule has 192 valence electrons. The molecule has 10 nitrogen and oxygen atoms in total. The van der Waals surface area contributed by atoms with Gasteiger partial charge in [0.15, 0.2) is 5.58 Å². The van der Waals surface area contributed by atoms with Crippen LogP contribution in [0.25, 0.3) is 11.1 Å². The molecule has 12 heteroatoms. The maximum Gasteiger partial charge on any atom is 0.264 e. The lowest BCUT2D eigenvalue weighted by molar-refractivity contribution is -0.121. The second-order valence-electron chi connectivity index (χ2n) is 8.09. The smallest absolute Gasteiger partial charge is 0.264 e. The fraction of sp³-hybridized carbons (Fsp3) is 0.240. The molecule has 4 rings (SSSR count). The van der Waals surface area contributed by atoms with E-state index in [0.717, 1.165) is 0 Å². The Morgan fingerprint density at radius 2 is 1.86 bits per heavy atom. The summed E-state index contributed by atoms with van der Waals surface area (Å²) in [5, 5.41) is 5.13.